The summed E-state index contributed by atoms with van der Waals surface area (Å²) in [5.74, 6) is 0.318. The molecule has 1 saturated heterocycles. The number of nitrogens with one attached hydrogen (secondary N) is 1. The van der Waals surface area contributed by atoms with Crippen molar-refractivity contribution in [3.8, 4) is 5.75 Å². The predicted octanol–water partition coefficient (Wildman–Crippen LogP) is 3.65. The normalized spacial score (nSPS) is 16.0. The smallest absolute Gasteiger partial charge is 0.227 e. The number of rotatable bonds is 7. The van der Waals surface area contributed by atoms with Crippen LogP contribution in [0.4, 0.5) is 5.69 Å². The van der Waals surface area contributed by atoms with Crippen molar-refractivity contribution in [1.82, 2.24) is 4.31 Å². The molecule has 0 spiro atoms. The van der Waals surface area contributed by atoms with Crippen LogP contribution in [0, 0.1) is 5.92 Å². The van der Waals surface area contributed by atoms with Gasteiger partial charge in [-0.3, -0.25) is 4.79 Å². The Bertz CT molecular complexity index is 921. The van der Waals surface area contributed by atoms with Crippen LogP contribution >= 0.6 is 0 Å². The van der Waals surface area contributed by atoms with Crippen molar-refractivity contribution in [3.05, 3.63) is 60.2 Å². The number of para-hydroxylation sites is 2. The summed E-state index contributed by atoms with van der Waals surface area (Å²) < 4.78 is 32.6. The Balaban J connectivity index is 1.57. The highest BCUT2D eigenvalue weighted by atomic mass is 32.2. The average Bonchev–Trinajstić information content (AvgIpc) is 2.69. The van der Waals surface area contributed by atoms with E-state index in [-0.39, 0.29) is 23.7 Å². The molecule has 1 aliphatic heterocycles. The lowest BCUT2D eigenvalue weighted by molar-refractivity contribution is -0.120. The Morgan fingerprint density at radius 2 is 1.69 bits per heavy atom. The van der Waals surface area contributed by atoms with Crippen LogP contribution in [-0.2, 0) is 20.6 Å². The van der Waals surface area contributed by atoms with Crippen molar-refractivity contribution in [1.29, 1.82) is 0 Å². The lowest BCUT2D eigenvalue weighted by Crippen LogP contribution is -2.41. The molecule has 1 heterocycles. The van der Waals surface area contributed by atoms with Crippen LogP contribution in [0.1, 0.15) is 32.3 Å². The third kappa shape index (κ3) is 5.81. The summed E-state index contributed by atoms with van der Waals surface area (Å²) in [5, 5.41) is 2.95. The maximum Gasteiger partial charge on any atom is 0.227 e. The van der Waals surface area contributed by atoms with Crippen LogP contribution in [0.3, 0.4) is 0 Å². The summed E-state index contributed by atoms with van der Waals surface area (Å²) in [7, 11) is -3.38. The third-order valence-electron chi connectivity index (χ3n) is 4.92. The number of carbonyl (C=O) groups excluding carboxylic acids is 1. The van der Waals surface area contributed by atoms with Crippen molar-refractivity contribution in [2.75, 3.05) is 18.4 Å². The van der Waals surface area contributed by atoms with E-state index in [1.165, 1.54) is 4.31 Å². The topological polar surface area (TPSA) is 75.7 Å². The van der Waals surface area contributed by atoms with Crippen LogP contribution in [-0.4, -0.2) is 37.8 Å². The first-order valence-corrected chi connectivity index (χ1v) is 11.5. The number of carbonyl (C=O) groups is 1. The molecule has 1 fully saturated rings. The number of nitrogens with zero attached hydrogens (tertiary/aromatic N) is 1. The van der Waals surface area contributed by atoms with Crippen molar-refractivity contribution in [3.63, 3.8) is 0 Å². The summed E-state index contributed by atoms with van der Waals surface area (Å²) in [4.78, 5) is 12.7. The van der Waals surface area contributed by atoms with Gasteiger partial charge in [0.1, 0.15) is 5.75 Å². The van der Waals surface area contributed by atoms with Crippen molar-refractivity contribution in [2.45, 2.75) is 38.5 Å². The Morgan fingerprint density at radius 1 is 1.07 bits per heavy atom. The molecule has 6 nitrogen and oxygen atoms in total. The minimum absolute atomic E-state index is 0.00566. The van der Waals surface area contributed by atoms with E-state index in [1.54, 1.807) is 0 Å². The highest BCUT2D eigenvalue weighted by Gasteiger charge is 2.31. The van der Waals surface area contributed by atoms with Crippen LogP contribution in [0.2, 0.25) is 0 Å². The second-order valence-electron chi connectivity index (χ2n) is 7.57. The average molecular weight is 417 g/mol. The summed E-state index contributed by atoms with van der Waals surface area (Å²) in [6, 6.07) is 16.5. The SMILES string of the molecule is CC(C)Oc1ccccc1NC(=O)C1CCN(S(=O)(=O)Cc2ccccc2)CC1. The first-order chi connectivity index (χ1) is 13.8. The standard InChI is InChI=1S/C22H28N2O4S/c1-17(2)28-21-11-7-6-10-20(21)23-22(25)19-12-14-24(15-13-19)29(26,27)16-18-8-4-3-5-9-18/h3-11,17,19H,12-16H2,1-2H3,(H,23,25). The van der Waals surface area contributed by atoms with Gasteiger partial charge in [-0.1, -0.05) is 42.5 Å². The number of ether oxygens (including phenoxy) is 1. The zero-order chi connectivity index (χ0) is 20.9. The van der Waals surface area contributed by atoms with E-state index in [0.29, 0.717) is 37.4 Å². The van der Waals surface area contributed by atoms with Gasteiger partial charge >= 0.3 is 0 Å². The molecule has 0 radical (unpaired) electrons. The van der Waals surface area contributed by atoms with Gasteiger partial charge in [0.05, 0.1) is 17.5 Å². The fraction of sp³-hybridized carbons (Fsp3) is 0.409. The number of sulfonamides is 1. The van der Waals surface area contributed by atoms with Crippen LogP contribution < -0.4 is 10.1 Å². The minimum Gasteiger partial charge on any atom is -0.489 e. The molecule has 2 aromatic carbocycles. The molecule has 3 rings (SSSR count). The zero-order valence-electron chi connectivity index (χ0n) is 16.9. The van der Waals surface area contributed by atoms with Crippen molar-refractivity contribution >= 4 is 21.6 Å². The molecule has 2 aromatic rings. The van der Waals surface area contributed by atoms with Gasteiger partial charge in [-0.25, -0.2) is 12.7 Å². The first-order valence-electron chi connectivity index (χ1n) is 9.93. The van der Waals surface area contributed by atoms with E-state index in [9.17, 15) is 13.2 Å². The van der Waals surface area contributed by atoms with Gasteiger partial charge in [0, 0.05) is 19.0 Å². The van der Waals surface area contributed by atoms with E-state index in [4.69, 9.17) is 4.74 Å². The molecule has 0 atom stereocenters. The summed E-state index contributed by atoms with van der Waals surface area (Å²) in [6.45, 7) is 4.59. The summed E-state index contributed by atoms with van der Waals surface area (Å²) in [5.41, 5.74) is 1.42. The first kappa shape index (κ1) is 21.3. The third-order valence-corrected chi connectivity index (χ3v) is 6.77. The molecule has 0 aliphatic carbocycles. The van der Waals surface area contributed by atoms with Gasteiger partial charge in [-0.05, 0) is 44.4 Å². The molecule has 1 N–H and O–H groups in total. The van der Waals surface area contributed by atoms with Crippen molar-refractivity contribution in [2.24, 2.45) is 5.92 Å². The zero-order valence-corrected chi connectivity index (χ0v) is 17.7. The van der Waals surface area contributed by atoms with E-state index >= 15 is 0 Å². The second-order valence-corrected chi connectivity index (χ2v) is 9.54. The molecular weight excluding hydrogens is 388 g/mol. The largest absolute Gasteiger partial charge is 0.489 e. The molecule has 1 amide bonds. The molecule has 29 heavy (non-hydrogen) atoms. The van der Waals surface area contributed by atoms with Crippen molar-refractivity contribution < 1.29 is 17.9 Å². The fourth-order valence-electron chi connectivity index (χ4n) is 3.43. The Labute approximate surface area is 172 Å². The van der Waals surface area contributed by atoms with Gasteiger partial charge in [0.25, 0.3) is 0 Å². The Morgan fingerprint density at radius 3 is 2.34 bits per heavy atom. The fourth-order valence-corrected chi connectivity index (χ4v) is 5.00. The van der Waals surface area contributed by atoms with E-state index in [2.05, 4.69) is 5.32 Å². The van der Waals surface area contributed by atoms with Gasteiger partial charge in [0.2, 0.25) is 15.9 Å². The van der Waals surface area contributed by atoms with Crippen LogP contribution in [0.15, 0.2) is 54.6 Å². The summed E-state index contributed by atoms with van der Waals surface area (Å²) in [6.07, 6.45) is 1.02. The molecule has 0 saturated carbocycles. The molecule has 1 aliphatic rings. The van der Waals surface area contributed by atoms with Gasteiger partial charge in [0.15, 0.2) is 0 Å². The number of anilines is 1. The molecule has 0 bridgehead atoms. The highest BCUT2D eigenvalue weighted by Crippen LogP contribution is 2.28. The van der Waals surface area contributed by atoms with E-state index in [1.807, 2.05) is 68.4 Å². The lowest BCUT2D eigenvalue weighted by Gasteiger charge is -2.30. The maximum atomic E-state index is 12.7. The number of benzene rings is 2. The van der Waals surface area contributed by atoms with E-state index in [0.717, 1.165) is 5.56 Å². The van der Waals surface area contributed by atoms with Gasteiger partial charge in [-0.2, -0.15) is 0 Å². The quantitative estimate of drug-likeness (QED) is 0.747. The monoisotopic (exact) mass is 416 g/mol. The number of hydrogen-bond acceptors (Lipinski definition) is 4. The summed E-state index contributed by atoms with van der Waals surface area (Å²) >= 11 is 0. The second kappa shape index (κ2) is 9.41. The number of hydrogen-bond donors (Lipinski definition) is 1. The van der Waals surface area contributed by atoms with Crippen LogP contribution in [0.25, 0.3) is 0 Å². The number of piperidine rings is 1. The molecular formula is C22H28N2O4S. The maximum absolute atomic E-state index is 12.7. The van der Waals surface area contributed by atoms with Gasteiger partial charge in [-0.15, -0.1) is 0 Å². The van der Waals surface area contributed by atoms with E-state index < -0.39 is 10.0 Å². The van der Waals surface area contributed by atoms with Crippen LogP contribution in [0.5, 0.6) is 5.75 Å². The Hall–Kier alpha value is -2.38. The lowest BCUT2D eigenvalue weighted by atomic mass is 9.97. The number of amides is 1. The molecule has 0 unspecified atom stereocenters. The minimum atomic E-state index is -3.38. The molecule has 156 valence electrons. The Kier molecular flexibility index (Phi) is 6.92. The molecule has 7 heteroatoms. The highest BCUT2D eigenvalue weighted by molar-refractivity contribution is 7.88. The predicted molar refractivity (Wildman–Crippen MR) is 114 cm³/mol. The van der Waals surface area contributed by atoms with Gasteiger partial charge < -0.3 is 10.1 Å². The molecule has 0 aromatic heterocycles.